The highest BCUT2D eigenvalue weighted by molar-refractivity contribution is 7.99. The number of halogens is 1. The van der Waals surface area contributed by atoms with Crippen LogP contribution in [0.2, 0.25) is 5.02 Å². The van der Waals surface area contributed by atoms with Crippen molar-refractivity contribution in [3.8, 4) is 0 Å². The number of thioether (sulfide) groups is 1. The minimum atomic E-state index is -1.08. The van der Waals surface area contributed by atoms with E-state index in [4.69, 9.17) is 16.7 Å². The molecular weight excluding hydrogens is 248 g/mol. The van der Waals surface area contributed by atoms with Gasteiger partial charge in [0.15, 0.2) is 5.69 Å². The summed E-state index contributed by atoms with van der Waals surface area (Å²) in [7, 11) is 0. The Morgan fingerprint density at radius 2 is 2.12 bits per heavy atom. The van der Waals surface area contributed by atoms with Gasteiger partial charge in [-0.1, -0.05) is 11.6 Å². The molecule has 0 spiro atoms. The molecule has 1 aromatic heterocycles. The van der Waals surface area contributed by atoms with Crippen LogP contribution in [0.1, 0.15) is 10.5 Å². The van der Waals surface area contributed by atoms with Gasteiger partial charge in [-0.05, 0) is 12.1 Å². The number of carboxylic acids is 1. The van der Waals surface area contributed by atoms with Crippen LogP contribution in [0.5, 0.6) is 0 Å². The van der Waals surface area contributed by atoms with Crippen molar-refractivity contribution in [2.24, 2.45) is 0 Å². The summed E-state index contributed by atoms with van der Waals surface area (Å²) in [5, 5.41) is 9.10. The Bertz CT molecular complexity index is 408. The third-order valence-corrected chi connectivity index (χ3v) is 3.62. The largest absolute Gasteiger partial charge is 0.476 e. The summed E-state index contributed by atoms with van der Waals surface area (Å²) >= 11 is 7.66. The summed E-state index contributed by atoms with van der Waals surface area (Å²) in [6, 6.07) is 3.36. The zero-order chi connectivity index (χ0) is 11.5. The number of hydrogen-bond acceptors (Lipinski definition) is 4. The van der Waals surface area contributed by atoms with Crippen molar-refractivity contribution in [1.29, 1.82) is 0 Å². The van der Waals surface area contributed by atoms with Gasteiger partial charge >= 0.3 is 5.97 Å². The van der Waals surface area contributed by atoms with E-state index in [1.54, 1.807) is 12.1 Å². The smallest absolute Gasteiger partial charge is 0.356 e. The zero-order valence-corrected chi connectivity index (χ0v) is 10.1. The number of aromatic carboxylic acids is 1. The average Bonchev–Trinajstić information content (AvgIpc) is 2.30. The molecule has 1 aliphatic heterocycles. The van der Waals surface area contributed by atoms with Crippen molar-refractivity contribution in [2.75, 3.05) is 29.5 Å². The third-order valence-electron chi connectivity index (χ3n) is 2.37. The standard InChI is InChI=1S/C10H11ClN2O2S/c11-7-1-2-8(12-9(7)10(14)15)13-3-5-16-6-4-13/h1-2H,3-6H2,(H,14,15). The maximum atomic E-state index is 10.9. The van der Waals surface area contributed by atoms with Crippen molar-refractivity contribution >= 4 is 35.1 Å². The highest BCUT2D eigenvalue weighted by Gasteiger charge is 2.16. The normalized spacial score (nSPS) is 16.2. The summed E-state index contributed by atoms with van der Waals surface area (Å²) in [5.74, 6) is 1.71. The molecule has 0 aromatic carbocycles. The second kappa shape index (κ2) is 4.93. The highest BCUT2D eigenvalue weighted by Crippen LogP contribution is 2.21. The van der Waals surface area contributed by atoms with Crippen LogP contribution in [0.3, 0.4) is 0 Å². The molecule has 0 bridgehead atoms. The van der Waals surface area contributed by atoms with Crippen LogP contribution < -0.4 is 4.90 Å². The first-order valence-corrected chi connectivity index (χ1v) is 6.44. The van der Waals surface area contributed by atoms with E-state index in [1.165, 1.54) is 0 Å². The molecule has 4 nitrogen and oxygen atoms in total. The maximum Gasteiger partial charge on any atom is 0.356 e. The molecule has 1 aliphatic rings. The third kappa shape index (κ3) is 2.41. The van der Waals surface area contributed by atoms with Gasteiger partial charge in [-0.15, -0.1) is 0 Å². The van der Waals surface area contributed by atoms with E-state index in [0.717, 1.165) is 24.6 Å². The molecule has 16 heavy (non-hydrogen) atoms. The van der Waals surface area contributed by atoms with Crippen LogP contribution >= 0.6 is 23.4 Å². The van der Waals surface area contributed by atoms with Gasteiger partial charge in [-0.2, -0.15) is 11.8 Å². The van der Waals surface area contributed by atoms with Crippen LogP contribution in [-0.4, -0.2) is 40.7 Å². The molecule has 0 saturated carbocycles. The number of aromatic nitrogens is 1. The van der Waals surface area contributed by atoms with E-state index in [2.05, 4.69) is 9.88 Å². The highest BCUT2D eigenvalue weighted by atomic mass is 35.5. The molecule has 2 heterocycles. The lowest BCUT2D eigenvalue weighted by Crippen LogP contribution is -2.33. The predicted octanol–water partition coefficient (Wildman–Crippen LogP) is 1.99. The Morgan fingerprint density at radius 1 is 1.44 bits per heavy atom. The Labute approximate surface area is 103 Å². The minimum absolute atomic E-state index is 0.0719. The molecular formula is C10H11ClN2O2S. The molecule has 1 saturated heterocycles. The maximum absolute atomic E-state index is 10.9. The van der Waals surface area contributed by atoms with Gasteiger partial charge in [-0.3, -0.25) is 0 Å². The summed E-state index contributed by atoms with van der Waals surface area (Å²) in [6.07, 6.45) is 0. The predicted molar refractivity (Wildman–Crippen MR) is 65.7 cm³/mol. The Morgan fingerprint density at radius 3 is 2.75 bits per heavy atom. The average molecular weight is 259 g/mol. The van der Waals surface area contributed by atoms with E-state index in [9.17, 15) is 4.79 Å². The van der Waals surface area contributed by atoms with Gasteiger partial charge in [0.05, 0.1) is 5.02 Å². The molecule has 2 rings (SSSR count). The number of nitrogens with zero attached hydrogens (tertiary/aromatic N) is 2. The number of anilines is 1. The molecule has 1 N–H and O–H groups in total. The van der Waals surface area contributed by atoms with Crippen LogP contribution in [0, 0.1) is 0 Å². The summed E-state index contributed by atoms with van der Waals surface area (Å²) < 4.78 is 0. The molecule has 0 radical (unpaired) electrons. The second-order valence-corrected chi connectivity index (χ2v) is 5.04. The van der Waals surface area contributed by atoms with Gasteiger partial charge in [-0.25, -0.2) is 9.78 Å². The SMILES string of the molecule is O=C(O)c1nc(N2CCSCC2)ccc1Cl. The monoisotopic (exact) mass is 258 g/mol. The fourth-order valence-electron chi connectivity index (χ4n) is 1.55. The van der Waals surface area contributed by atoms with Crippen molar-refractivity contribution in [2.45, 2.75) is 0 Å². The first-order valence-electron chi connectivity index (χ1n) is 4.91. The van der Waals surface area contributed by atoms with Gasteiger partial charge in [0.2, 0.25) is 0 Å². The lowest BCUT2D eigenvalue weighted by molar-refractivity contribution is 0.0691. The van der Waals surface area contributed by atoms with Crippen molar-refractivity contribution in [3.05, 3.63) is 22.8 Å². The Balaban J connectivity index is 2.27. The Hall–Kier alpha value is -0.940. The lowest BCUT2D eigenvalue weighted by atomic mass is 10.3. The second-order valence-electron chi connectivity index (χ2n) is 3.40. The molecule has 0 atom stereocenters. The summed E-state index contributed by atoms with van der Waals surface area (Å²) in [4.78, 5) is 17.1. The molecule has 86 valence electrons. The first kappa shape index (κ1) is 11.5. The van der Waals surface area contributed by atoms with Gasteiger partial charge in [0, 0.05) is 24.6 Å². The topological polar surface area (TPSA) is 53.4 Å². The number of pyridine rings is 1. The van der Waals surface area contributed by atoms with Crippen LogP contribution in [0.25, 0.3) is 0 Å². The van der Waals surface area contributed by atoms with Crippen LogP contribution in [-0.2, 0) is 0 Å². The molecule has 0 unspecified atom stereocenters. The lowest BCUT2D eigenvalue weighted by Gasteiger charge is -2.27. The van der Waals surface area contributed by atoms with Gasteiger partial charge < -0.3 is 10.0 Å². The van der Waals surface area contributed by atoms with Crippen LogP contribution in [0.4, 0.5) is 5.82 Å². The quantitative estimate of drug-likeness (QED) is 0.879. The number of carbonyl (C=O) groups is 1. The van der Waals surface area contributed by atoms with Gasteiger partial charge in [0.1, 0.15) is 5.82 Å². The molecule has 0 amide bonds. The zero-order valence-electron chi connectivity index (χ0n) is 8.52. The van der Waals surface area contributed by atoms with E-state index >= 15 is 0 Å². The molecule has 0 aliphatic carbocycles. The Kier molecular flexibility index (Phi) is 3.56. The van der Waals surface area contributed by atoms with Crippen LogP contribution in [0.15, 0.2) is 12.1 Å². The molecule has 1 fully saturated rings. The minimum Gasteiger partial charge on any atom is -0.476 e. The first-order chi connectivity index (χ1) is 7.68. The fraction of sp³-hybridized carbons (Fsp3) is 0.400. The van der Waals surface area contributed by atoms with E-state index in [1.807, 2.05) is 11.8 Å². The summed E-state index contributed by atoms with van der Waals surface area (Å²) in [6.45, 7) is 1.80. The van der Waals surface area contributed by atoms with E-state index < -0.39 is 5.97 Å². The number of carboxylic acid groups (broad SMARTS) is 1. The molecule has 6 heteroatoms. The molecule has 1 aromatic rings. The van der Waals surface area contributed by atoms with E-state index in [-0.39, 0.29) is 10.7 Å². The van der Waals surface area contributed by atoms with Crippen molar-refractivity contribution < 1.29 is 9.90 Å². The fourth-order valence-corrected chi connectivity index (χ4v) is 2.64. The summed E-state index contributed by atoms with van der Waals surface area (Å²) in [5.41, 5.74) is -0.0719. The van der Waals surface area contributed by atoms with E-state index in [0.29, 0.717) is 5.82 Å². The van der Waals surface area contributed by atoms with Crippen molar-refractivity contribution in [3.63, 3.8) is 0 Å². The van der Waals surface area contributed by atoms with Crippen molar-refractivity contribution in [1.82, 2.24) is 4.98 Å². The number of hydrogen-bond donors (Lipinski definition) is 1. The van der Waals surface area contributed by atoms with Gasteiger partial charge in [0.25, 0.3) is 0 Å². The number of rotatable bonds is 2.